The van der Waals surface area contributed by atoms with Gasteiger partial charge in [0.25, 0.3) is 0 Å². The van der Waals surface area contributed by atoms with Crippen molar-refractivity contribution in [2.75, 3.05) is 0 Å². The number of aryl methyl sites for hydroxylation is 1. The van der Waals surface area contributed by atoms with Gasteiger partial charge < -0.3 is 0 Å². The van der Waals surface area contributed by atoms with E-state index in [2.05, 4.69) is 140 Å². The molecule has 0 N–H and O–H groups in total. The summed E-state index contributed by atoms with van der Waals surface area (Å²) in [6.07, 6.45) is 0. The molecule has 0 aromatic heterocycles. The molecule has 3 rings (SSSR count). The Hall–Kier alpha value is -1.98. The van der Waals surface area contributed by atoms with Crippen molar-refractivity contribution in [3.8, 4) is 28.3 Å². The number of hydrogen-bond donors (Lipinski definition) is 0. The van der Waals surface area contributed by atoms with Crippen LogP contribution in [0.5, 0.6) is 0 Å². The minimum absolute atomic E-state index is 0.814. The monoisotopic (exact) mass is 557 g/mol. The van der Waals surface area contributed by atoms with Crippen molar-refractivity contribution < 1.29 is 0 Å². The standard InChI is InChI=1S/C32H47NSi4/c1-23-14-30(24-16-26(34(2,3)4)20-27(17-24)35(5,6)7)32(22-33)31(15-23)25-18-28(36(8,9)10)21-29(19-25)37(11,12)13/h14-21H,1-13H3. The Bertz CT molecular complexity index is 1210. The number of nitrogens with zero attached hydrogens (tertiary/aromatic N) is 1. The first-order chi connectivity index (χ1) is 16.7. The second-order valence-electron chi connectivity index (χ2n) is 14.9. The third-order valence-corrected chi connectivity index (χ3v) is 15.4. The van der Waals surface area contributed by atoms with Crippen LogP contribution >= 0.6 is 0 Å². The van der Waals surface area contributed by atoms with Crippen LogP contribution < -0.4 is 20.7 Å². The molecular formula is C32H47NSi4. The fraction of sp³-hybridized carbons (Fsp3) is 0.406. The first-order valence-electron chi connectivity index (χ1n) is 13.6. The maximum Gasteiger partial charge on any atom is 0.100 e. The zero-order valence-electron chi connectivity index (χ0n) is 25.6. The number of nitriles is 1. The highest BCUT2D eigenvalue weighted by Crippen LogP contribution is 2.34. The molecule has 0 amide bonds. The smallest absolute Gasteiger partial charge is 0.100 e. The Kier molecular flexibility index (Phi) is 7.96. The first kappa shape index (κ1) is 29.6. The number of benzene rings is 3. The van der Waals surface area contributed by atoms with E-state index < -0.39 is 32.3 Å². The van der Waals surface area contributed by atoms with Crippen LogP contribution in [0.3, 0.4) is 0 Å². The van der Waals surface area contributed by atoms with Gasteiger partial charge in [0.1, 0.15) is 6.07 Å². The van der Waals surface area contributed by atoms with E-state index in [0.717, 1.165) is 16.7 Å². The number of rotatable bonds is 6. The topological polar surface area (TPSA) is 23.8 Å². The molecule has 0 fully saturated rings. The van der Waals surface area contributed by atoms with E-state index in [4.69, 9.17) is 0 Å². The van der Waals surface area contributed by atoms with Crippen LogP contribution in [0.1, 0.15) is 11.1 Å². The summed E-state index contributed by atoms with van der Waals surface area (Å²) in [5, 5.41) is 16.5. The van der Waals surface area contributed by atoms with Crippen LogP contribution in [0.2, 0.25) is 78.6 Å². The van der Waals surface area contributed by atoms with Crippen molar-refractivity contribution in [1.29, 1.82) is 5.26 Å². The quantitative estimate of drug-likeness (QED) is 0.290. The van der Waals surface area contributed by atoms with Crippen LogP contribution in [0.15, 0.2) is 48.5 Å². The highest BCUT2D eigenvalue weighted by molar-refractivity contribution is 6.92. The van der Waals surface area contributed by atoms with E-state index in [-0.39, 0.29) is 0 Å². The molecule has 37 heavy (non-hydrogen) atoms. The highest BCUT2D eigenvalue weighted by atomic mass is 28.3. The lowest BCUT2D eigenvalue weighted by atomic mass is 9.90. The van der Waals surface area contributed by atoms with Gasteiger partial charge in [0.15, 0.2) is 0 Å². The molecule has 1 nitrogen and oxygen atoms in total. The Morgan fingerprint density at radius 3 is 0.946 bits per heavy atom. The molecule has 0 bridgehead atoms. The zero-order valence-corrected chi connectivity index (χ0v) is 29.6. The van der Waals surface area contributed by atoms with Gasteiger partial charge in [0.05, 0.1) is 37.9 Å². The second-order valence-corrected chi connectivity index (χ2v) is 35.3. The minimum Gasteiger partial charge on any atom is -0.192 e. The summed E-state index contributed by atoms with van der Waals surface area (Å²) < 4.78 is 0. The van der Waals surface area contributed by atoms with Crippen LogP contribution in [-0.2, 0) is 0 Å². The zero-order chi connectivity index (χ0) is 28.1. The normalized spacial score (nSPS) is 13.0. The van der Waals surface area contributed by atoms with E-state index in [9.17, 15) is 5.26 Å². The third kappa shape index (κ3) is 6.72. The average Bonchev–Trinajstić information content (AvgIpc) is 2.75. The molecule has 0 aliphatic heterocycles. The van der Waals surface area contributed by atoms with Crippen molar-refractivity contribution >= 4 is 53.0 Å². The second kappa shape index (κ2) is 9.96. The molecule has 196 valence electrons. The molecule has 0 heterocycles. The fourth-order valence-corrected chi connectivity index (χ4v) is 9.66. The molecule has 0 radical (unpaired) electrons. The van der Waals surface area contributed by atoms with Crippen LogP contribution in [0.25, 0.3) is 22.3 Å². The number of hydrogen-bond acceptors (Lipinski definition) is 1. The summed E-state index contributed by atoms with van der Waals surface area (Å²) in [5.74, 6) is 0. The van der Waals surface area contributed by atoms with E-state index in [0.29, 0.717) is 0 Å². The van der Waals surface area contributed by atoms with Crippen LogP contribution in [-0.4, -0.2) is 32.3 Å². The van der Waals surface area contributed by atoms with Gasteiger partial charge >= 0.3 is 0 Å². The maximum atomic E-state index is 10.6. The van der Waals surface area contributed by atoms with Gasteiger partial charge in [-0.3, -0.25) is 0 Å². The summed E-state index contributed by atoms with van der Waals surface area (Å²) in [6, 6.07) is 21.7. The predicted octanol–water partition coefficient (Wildman–Crippen LogP) is 7.38. The Labute approximate surface area is 231 Å². The molecule has 0 atom stereocenters. The SMILES string of the molecule is Cc1cc(-c2cc([Si](C)(C)C)cc([Si](C)(C)C)c2)c(C#N)c(-c2cc([Si](C)(C)C)cc([Si](C)(C)C)c2)c1. The molecule has 3 aromatic rings. The molecule has 0 aliphatic carbocycles. The van der Waals surface area contributed by atoms with Crippen molar-refractivity contribution in [3.63, 3.8) is 0 Å². The van der Waals surface area contributed by atoms with Gasteiger partial charge in [0, 0.05) is 11.1 Å². The molecule has 0 spiro atoms. The Balaban J connectivity index is 2.41. The van der Waals surface area contributed by atoms with Gasteiger partial charge in [-0.2, -0.15) is 5.26 Å². The molecular weight excluding hydrogens is 511 g/mol. The summed E-state index contributed by atoms with van der Waals surface area (Å²) >= 11 is 0. The molecule has 0 saturated heterocycles. The molecule has 5 heteroatoms. The van der Waals surface area contributed by atoms with Crippen LogP contribution in [0, 0.1) is 18.3 Å². The highest BCUT2D eigenvalue weighted by Gasteiger charge is 2.26. The molecule has 0 unspecified atom stereocenters. The average molecular weight is 558 g/mol. The van der Waals surface area contributed by atoms with E-state index in [1.54, 1.807) is 0 Å². The van der Waals surface area contributed by atoms with Gasteiger partial charge in [-0.15, -0.1) is 0 Å². The molecule has 3 aromatic carbocycles. The Morgan fingerprint density at radius 2 is 0.730 bits per heavy atom. The van der Waals surface area contributed by atoms with E-state index in [1.165, 1.54) is 37.4 Å². The molecule has 0 aliphatic rings. The lowest BCUT2D eigenvalue weighted by Gasteiger charge is -2.26. The van der Waals surface area contributed by atoms with Crippen molar-refractivity contribution in [2.24, 2.45) is 0 Å². The Morgan fingerprint density at radius 1 is 0.459 bits per heavy atom. The lowest BCUT2D eigenvalue weighted by Crippen LogP contribution is -2.45. The predicted molar refractivity (Wildman–Crippen MR) is 179 cm³/mol. The summed E-state index contributed by atoms with van der Waals surface area (Å²) in [7, 11) is -6.14. The van der Waals surface area contributed by atoms with Crippen molar-refractivity contribution in [1.82, 2.24) is 0 Å². The first-order valence-corrected chi connectivity index (χ1v) is 27.6. The van der Waals surface area contributed by atoms with E-state index >= 15 is 0 Å². The summed E-state index contributed by atoms with van der Waals surface area (Å²) in [4.78, 5) is 0. The third-order valence-electron chi connectivity index (χ3n) is 7.35. The summed E-state index contributed by atoms with van der Waals surface area (Å²) in [6.45, 7) is 31.3. The lowest BCUT2D eigenvalue weighted by molar-refractivity contribution is 1.42. The van der Waals surface area contributed by atoms with Crippen molar-refractivity contribution in [3.05, 3.63) is 59.7 Å². The van der Waals surface area contributed by atoms with Gasteiger partial charge in [-0.25, -0.2) is 0 Å². The van der Waals surface area contributed by atoms with Gasteiger partial charge in [0.2, 0.25) is 0 Å². The van der Waals surface area contributed by atoms with Crippen molar-refractivity contribution in [2.45, 2.75) is 85.5 Å². The van der Waals surface area contributed by atoms with Crippen LogP contribution in [0.4, 0.5) is 0 Å². The fourth-order valence-electron chi connectivity index (χ4n) is 4.66. The summed E-state index contributed by atoms with van der Waals surface area (Å²) in [5.41, 5.74) is 6.63. The molecule has 0 saturated carbocycles. The maximum absolute atomic E-state index is 10.6. The van der Waals surface area contributed by atoms with Gasteiger partial charge in [-0.1, -0.05) is 148 Å². The largest absolute Gasteiger partial charge is 0.192 e. The van der Waals surface area contributed by atoms with Gasteiger partial charge in [-0.05, 0) is 23.6 Å². The minimum atomic E-state index is -1.53. The van der Waals surface area contributed by atoms with E-state index in [1.807, 2.05) is 0 Å².